The van der Waals surface area contributed by atoms with Crippen LogP contribution in [0.5, 0.6) is 0 Å². The van der Waals surface area contributed by atoms with Crippen LogP contribution in [0.4, 0.5) is 5.69 Å². The molecule has 1 atom stereocenters. The number of rotatable bonds is 3. The Morgan fingerprint density at radius 1 is 1.44 bits per heavy atom. The molecule has 1 aliphatic rings. The molecule has 1 aromatic carbocycles. The summed E-state index contributed by atoms with van der Waals surface area (Å²) in [6.45, 7) is 7.28. The van der Waals surface area contributed by atoms with Crippen molar-refractivity contribution in [3.63, 3.8) is 0 Å². The zero-order valence-electron chi connectivity index (χ0n) is 11.2. The van der Waals surface area contributed by atoms with Gasteiger partial charge in [0.15, 0.2) is 0 Å². The van der Waals surface area contributed by atoms with E-state index < -0.39 is 0 Å². The molecule has 1 aromatic rings. The number of aryl methyl sites for hydroxylation is 1. The standard InChI is InChI=1S/C15H20BrNO/c1-10(2)13-5-4-11(3)14(7-13)17-9-12(8-16)6-15(17)18/h4-5,7,10,12H,6,8-9H2,1-3H3. The van der Waals surface area contributed by atoms with E-state index in [9.17, 15) is 4.79 Å². The Morgan fingerprint density at radius 2 is 2.17 bits per heavy atom. The summed E-state index contributed by atoms with van der Waals surface area (Å²) in [4.78, 5) is 14.0. The zero-order valence-corrected chi connectivity index (χ0v) is 12.8. The van der Waals surface area contributed by atoms with Gasteiger partial charge in [-0.05, 0) is 36.0 Å². The first-order chi connectivity index (χ1) is 8.52. The topological polar surface area (TPSA) is 20.3 Å². The van der Waals surface area contributed by atoms with Gasteiger partial charge in [-0.3, -0.25) is 4.79 Å². The number of hydrogen-bond acceptors (Lipinski definition) is 1. The Kier molecular flexibility index (Phi) is 4.10. The Balaban J connectivity index is 2.33. The SMILES string of the molecule is Cc1ccc(C(C)C)cc1N1CC(CBr)CC1=O. The van der Waals surface area contributed by atoms with Crippen molar-refractivity contribution < 1.29 is 4.79 Å². The molecule has 98 valence electrons. The summed E-state index contributed by atoms with van der Waals surface area (Å²) in [5.74, 6) is 1.19. The van der Waals surface area contributed by atoms with E-state index in [-0.39, 0.29) is 5.91 Å². The van der Waals surface area contributed by atoms with Crippen LogP contribution >= 0.6 is 15.9 Å². The van der Waals surface area contributed by atoms with Crippen molar-refractivity contribution in [3.8, 4) is 0 Å². The molecule has 1 unspecified atom stereocenters. The molecule has 1 amide bonds. The van der Waals surface area contributed by atoms with Crippen molar-refractivity contribution in [1.82, 2.24) is 0 Å². The molecule has 0 bridgehead atoms. The highest BCUT2D eigenvalue weighted by atomic mass is 79.9. The van der Waals surface area contributed by atoms with Gasteiger partial charge >= 0.3 is 0 Å². The summed E-state index contributed by atoms with van der Waals surface area (Å²) in [5, 5.41) is 0.901. The van der Waals surface area contributed by atoms with Gasteiger partial charge in [0.2, 0.25) is 5.91 Å². The molecular weight excluding hydrogens is 290 g/mol. The van der Waals surface area contributed by atoms with E-state index in [0.717, 1.165) is 17.6 Å². The molecule has 1 aliphatic heterocycles. The van der Waals surface area contributed by atoms with Crippen molar-refractivity contribution in [1.29, 1.82) is 0 Å². The van der Waals surface area contributed by atoms with Crippen LogP contribution in [-0.2, 0) is 4.79 Å². The summed E-state index contributed by atoms with van der Waals surface area (Å²) in [6.07, 6.45) is 0.663. The van der Waals surface area contributed by atoms with E-state index in [4.69, 9.17) is 0 Å². The summed E-state index contributed by atoms with van der Waals surface area (Å²) in [5.41, 5.74) is 3.57. The summed E-state index contributed by atoms with van der Waals surface area (Å²) in [7, 11) is 0. The molecule has 0 saturated carbocycles. The molecule has 1 saturated heterocycles. The van der Waals surface area contributed by atoms with Crippen LogP contribution in [0.1, 0.15) is 37.3 Å². The first kappa shape index (κ1) is 13.6. The van der Waals surface area contributed by atoms with Gasteiger partial charge in [-0.15, -0.1) is 0 Å². The van der Waals surface area contributed by atoms with E-state index in [1.165, 1.54) is 11.1 Å². The second-order valence-electron chi connectivity index (χ2n) is 5.43. The highest BCUT2D eigenvalue weighted by Crippen LogP contribution is 2.31. The minimum absolute atomic E-state index is 0.253. The number of carbonyl (C=O) groups is 1. The lowest BCUT2D eigenvalue weighted by atomic mass is 10.0. The summed E-state index contributed by atoms with van der Waals surface area (Å²) < 4.78 is 0. The lowest BCUT2D eigenvalue weighted by Crippen LogP contribution is -2.25. The Labute approximate surface area is 117 Å². The molecule has 1 heterocycles. The van der Waals surface area contributed by atoms with Crippen molar-refractivity contribution in [3.05, 3.63) is 29.3 Å². The number of benzene rings is 1. The maximum absolute atomic E-state index is 12.1. The van der Waals surface area contributed by atoms with Gasteiger partial charge in [-0.2, -0.15) is 0 Å². The smallest absolute Gasteiger partial charge is 0.227 e. The number of anilines is 1. The number of nitrogens with zero attached hydrogens (tertiary/aromatic N) is 1. The third kappa shape index (κ3) is 2.61. The second kappa shape index (κ2) is 5.43. The minimum Gasteiger partial charge on any atom is -0.312 e. The largest absolute Gasteiger partial charge is 0.312 e. The van der Waals surface area contributed by atoms with Crippen LogP contribution in [0, 0.1) is 12.8 Å². The summed E-state index contributed by atoms with van der Waals surface area (Å²) in [6, 6.07) is 6.46. The van der Waals surface area contributed by atoms with Gasteiger partial charge in [0.1, 0.15) is 0 Å². The average molecular weight is 310 g/mol. The monoisotopic (exact) mass is 309 g/mol. The number of halogens is 1. The fraction of sp³-hybridized carbons (Fsp3) is 0.533. The van der Waals surface area contributed by atoms with Crippen molar-refractivity contribution in [2.24, 2.45) is 5.92 Å². The van der Waals surface area contributed by atoms with Gasteiger partial charge < -0.3 is 4.90 Å². The fourth-order valence-electron chi connectivity index (χ4n) is 2.39. The second-order valence-corrected chi connectivity index (χ2v) is 6.08. The number of carbonyl (C=O) groups excluding carboxylic acids is 1. The predicted molar refractivity (Wildman–Crippen MR) is 79.5 cm³/mol. The van der Waals surface area contributed by atoms with E-state index in [2.05, 4.69) is 54.9 Å². The lowest BCUT2D eigenvalue weighted by molar-refractivity contribution is -0.117. The first-order valence-corrected chi connectivity index (χ1v) is 7.62. The molecule has 2 rings (SSSR count). The third-order valence-electron chi connectivity index (χ3n) is 3.61. The molecule has 0 N–H and O–H groups in total. The maximum Gasteiger partial charge on any atom is 0.227 e. The fourth-order valence-corrected chi connectivity index (χ4v) is 2.83. The normalized spacial score (nSPS) is 19.9. The Bertz CT molecular complexity index is 456. The number of alkyl halides is 1. The Morgan fingerprint density at radius 3 is 2.72 bits per heavy atom. The first-order valence-electron chi connectivity index (χ1n) is 6.49. The molecule has 3 heteroatoms. The lowest BCUT2D eigenvalue weighted by Gasteiger charge is -2.21. The predicted octanol–water partition coefficient (Wildman–Crippen LogP) is 3.87. The number of amides is 1. The van der Waals surface area contributed by atoms with E-state index in [1.54, 1.807) is 0 Å². The van der Waals surface area contributed by atoms with Crippen LogP contribution in [0.2, 0.25) is 0 Å². The summed E-state index contributed by atoms with van der Waals surface area (Å²) >= 11 is 3.48. The molecule has 2 nitrogen and oxygen atoms in total. The van der Waals surface area contributed by atoms with Crippen LogP contribution in [-0.4, -0.2) is 17.8 Å². The van der Waals surface area contributed by atoms with E-state index in [0.29, 0.717) is 18.3 Å². The molecule has 0 spiro atoms. The van der Waals surface area contributed by atoms with E-state index in [1.807, 2.05) is 4.90 Å². The minimum atomic E-state index is 0.253. The van der Waals surface area contributed by atoms with Crippen molar-refractivity contribution >= 4 is 27.5 Å². The number of hydrogen-bond donors (Lipinski definition) is 0. The average Bonchev–Trinajstić information content (AvgIpc) is 2.71. The maximum atomic E-state index is 12.1. The molecular formula is C15H20BrNO. The third-order valence-corrected chi connectivity index (χ3v) is 4.53. The highest BCUT2D eigenvalue weighted by Gasteiger charge is 2.30. The van der Waals surface area contributed by atoms with Gasteiger partial charge in [0.05, 0.1) is 0 Å². The van der Waals surface area contributed by atoms with Gasteiger partial charge in [0.25, 0.3) is 0 Å². The van der Waals surface area contributed by atoms with Gasteiger partial charge in [-0.1, -0.05) is 41.9 Å². The molecule has 0 aliphatic carbocycles. The van der Waals surface area contributed by atoms with Crippen LogP contribution in [0.25, 0.3) is 0 Å². The van der Waals surface area contributed by atoms with Gasteiger partial charge in [0, 0.05) is 24.0 Å². The van der Waals surface area contributed by atoms with Crippen molar-refractivity contribution in [2.75, 3.05) is 16.8 Å². The molecule has 0 radical (unpaired) electrons. The van der Waals surface area contributed by atoms with E-state index >= 15 is 0 Å². The Hall–Kier alpha value is -0.830. The molecule has 0 aromatic heterocycles. The molecule has 1 fully saturated rings. The van der Waals surface area contributed by atoms with Crippen LogP contribution < -0.4 is 4.90 Å². The highest BCUT2D eigenvalue weighted by molar-refractivity contribution is 9.09. The van der Waals surface area contributed by atoms with Gasteiger partial charge in [-0.25, -0.2) is 0 Å². The zero-order chi connectivity index (χ0) is 13.3. The quantitative estimate of drug-likeness (QED) is 0.776. The van der Waals surface area contributed by atoms with Crippen molar-refractivity contribution in [2.45, 2.75) is 33.1 Å². The molecule has 18 heavy (non-hydrogen) atoms. The van der Waals surface area contributed by atoms with Crippen LogP contribution in [0.15, 0.2) is 18.2 Å². The van der Waals surface area contributed by atoms with Crippen LogP contribution in [0.3, 0.4) is 0 Å².